The van der Waals surface area contributed by atoms with Gasteiger partial charge in [0.15, 0.2) is 11.6 Å². The zero-order valence-electron chi connectivity index (χ0n) is 20.6. The maximum Gasteiger partial charge on any atom is 0.303 e. The first-order chi connectivity index (χ1) is 17.9. The monoisotopic (exact) mass is 520 g/mol. The fourth-order valence-corrected chi connectivity index (χ4v) is 5.24. The molecule has 0 spiro atoms. The van der Waals surface area contributed by atoms with Gasteiger partial charge in [0.05, 0.1) is 11.0 Å². The minimum absolute atomic E-state index is 0.158. The number of anilines is 1. The lowest BCUT2D eigenvalue weighted by Gasteiger charge is -2.22. The smallest absolute Gasteiger partial charge is 0.303 e. The summed E-state index contributed by atoms with van der Waals surface area (Å²) in [6.07, 6.45) is 7.61. The van der Waals surface area contributed by atoms with E-state index in [4.69, 9.17) is 16.7 Å². The molecule has 2 N–H and O–H groups in total. The zero-order chi connectivity index (χ0) is 25.8. The summed E-state index contributed by atoms with van der Waals surface area (Å²) in [6.45, 7) is 1.58. The minimum Gasteiger partial charge on any atom is -0.481 e. The van der Waals surface area contributed by atoms with Crippen LogP contribution in [0, 0.1) is 11.7 Å². The van der Waals surface area contributed by atoms with E-state index in [1.165, 1.54) is 11.6 Å². The van der Waals surface area contributed by atoms with Gasteiger partial charge in [-0.15, -0.1) is 0 Å². The quantitative estimate of drug-likeness (QED) is 0.271. The molecule has 4 aromatic rings. The highest BCUT2D eigenvalue weighted by Crippen LogP contribution is 2.29. The van der Waals surface area contributed by atoms with Crippen LogP contribution in [0.25, 0.3) is 22.4 Å². The van der Waals surface area contributed by atoms with Crippen LogP contribution in [0.15, 0.2) is 54.7 Å². The molecule has 6 nitrogen and oxygen atoms in total. The molecule has 0 radical (unpaired) electrons. The largest absolute Gasteiger partial charge is 0.481 e. The van der Waals surface area contributed by atoms with Gasteiger partial charge in [-0.3, -0.25) is 4.79 Å². The van der Waals surface area contributed by atoms with Crippen molar-refractivity contribution in [2.45, 2.75) is 44.9 Å². The molecule has 1 saturated heterocycles. The Morgan fingerprint density at radius 2 is 1.86 bits per heavy atom. The van der Waals surface area contributed by atoms with Crippen LogP contribution in [0.4, 0.5) is 10.2 Å². The number of pyridine rings is 1. The second-order valence-corrected chi connectivity index (χ2v) is 10.2. The SMILES string of the molecule is O=C(O)CCc1ccc(CCC2CCCN(c3ncc(-c4nc5ccc(Cl)cc5[nH]4)cc3F)CC2)cc1. The third kappa shape index (κ3) is 6.28. The fourth-order valence-electron chi connectivity index (χ4n) is 5.07. The van der Waals surface area contributed by atoms with E-state index in [1.54, 1.807) is 18.3 Å². The molecular weight excluding hydrogens is 491 g/mol. The van der Waals surface area contributed by atoms with E-state index >= 15 is 4.39 Å². The van der Waals surface area contributed by atoms with Gasteiger partial charge in [0.2, 0.25) is 0 Å². The van der Waals surface area contributed by atoms with Crippen LogP contribution in [0.2, 0.25) is 5.02 Å². The second kappa shape index (κ2) is 11.3. The van der Waals surface area contributed by atoms with Crippen molar-refractivity contribution in [1.29, 1.82) is 0 Å². The first kappa shape index (κ1) is 25.2. The summed E-state index contributed by atoms with van der Waals surface area (Å²) in [5.74, 6) is 0.454. The van der Waals surface area contributed by atoms with Crippen LogP contribution >= 0.6 is 11.6 Å². The van der Waals surface area contributed by atoms with Gasteiger partial charge in [0.1, 0.15) is 5.82 Å². The molecule has 0 bridgehead atoms. The van der Waals surface area contributed by atoms with Crippen molar-refractivity contribution in [3.63, 3.8) is 0 Å². The van der Waals surface area contributed by atoms with Crippen LogP contribution < -0.4 is 4.90 Å². The number of carboxylic acid groups (broad SMARTS) is 1. The first-order valence-corrected chi connectivity index (χ1v) is 13.2. The molecule has 1 unspecified atom stereocenters. The van der Waals surface area contributed by atoms with Crippen molar-refractivity contribution in [1.82, 2.24) is 15.0 Å². The normalized spacial score (nSPS) is 16.2. The van der Waals surface area contributed by atoms with E-state index in [2.05, 4.69) is 32.0 Å². The van der Waals surface area contributed by atoms with Crippen LogP contribution in [0.3, 0.4) is 0 Å². The molecule has 37 heavy (non-hydrogen) atoms. The molecule has 0 amide bonds. The maximum atomic E-state index is 15.2. The van der Waals surface area contributed by atoms with Crippen molar-refractivity contribution in [2.75, 3.05) is 18.0 Å². The average molecular weight is 521 g/mol. The Morgan fingerprint density at radius 3 is 2.62 bits per heavy atom. The number of hydrogen-bond donors (Lipinski definition) is 2. The Balaban J connectivity index is 1.17. The van der Waals surface area contributed by atoms with Gasteiger partial charge < -0.3 is 15.0 Å². The number of hydrogen-bond acceptors (Lipinski definition) is 4. The Bertz CT molecular complexity index is 1390. The topological polar surface area (TPSA) is 82.1 Å². The number of aliphatic carboxylic acids is 1. The van der Waals surface area contributed by atoms with Crippen LogP contribution in [-0.4, -0.2) is 39.1 Å². The summed E-state index contributed by atoms with van der Waals surface area (Å²) in [6, 6.07) is 15.2. The van der Waals surface area contributed by atoms with Gasteiger partial charge in [0, 0.05) is 36.3 Å². The van der Waals surface area contributed by atoms with Crippen LogP contribution in [0.5, 0.6) is 0 Å². The number of carbonyl (C=O) groups is 1. The third-order valence-corrected chi connectivity index (χ3v) is 7.41. The van der Waals surface area contributed by atoms with E-state index in [1.807, 2.05) is 18.2 Å². The summed E-state index contributed by atoms with van der Waals surface area (Å²) in [5.41, 5.74) is 4.52. The van der Waals surface area contributed by atoms with Crippen molar-refractivity contribution in [3.05, 3.63) is 76.7 Å². The summed E-state index contributed by atoms with van der Waals surface area (Å²) in [4.78, 5) is 25.0. The lowest BCUT2D eigenvalue weighted by atomic mass is 9.93. The van der Waals surface area contributed by atoms with E-state index in [9.17, 15) is 4.79 Å². The van der Waals surface area contributed by atoms with E-state index in [-0.39, 0.29) is 12.2 Å². The molecule has 8 heteroatoms. The molecule has 0 aliphatic carbocycles. The number of aromatic amines is 1. The Labute approximate surface area is 220 Å². The van der Waals surface area contributed by atoms with Crippen molar-refractivity contribution in [3.8, 4) is 11.4 Å². The number of nitrogens with one attached hydrogen (secondary N) is 1. The standard InChI is InChI=1S/C29H30ClFN4O2/c30-23-10-11-25-26(17-23)34-28(33-25)22-16-24(31)29(32-18-22)35-14-1-2-19(13-15-35)3-4-20-5-7-21(8-6-20)9-12-27(36)37/h5-8,10-11,16-19H,1-4,9,12-15H2,(H,33,34)(H,36,37). The van der Waals surface area contributed by atoms with Crippen LogP contribution in [-0.2, 0) is 17.6 Å². The Hall–Kier alpha value is -3.45. The number of aromatic nitrogens is 3. The molecular formula is C29H30ClFN4O2. The predicted octanol–water partition coefficient (Wildman–Crippen LogP) is 6.67. The number of carboxylic acids is 1. The summed E-state index contributed by atoms with van der Waals surface area (Å²) in [5, 5.41) is 9.46. The number of nitrogens with zero attached hydrogens (tertiary/aromatic N) is 3. The lowest BCUT2D eigenvalue weighted by Crippen LogP contribution is -2.26. The van der Waals surface area contributed by atoms with Gasteiger partial charge in [-0.25, -0.2) is 14.4 Å². The number of benzene rings is 2. The molecule has 2 aromatic heterocycles. The zero-order valence-corrected chi connectivity index (χ0v) is 21.3. The van der Waals surface area contributed by atoms with Gasteiger partial charge in [0.25, 0.3) is 0 Å². The predicted molar refractivity (Wildman–Crippen MR) is 145 cm³/mol. The minimum atomic E-state index is -0.769. The first-order valence-electron chi connectivity index (χ1n) is 12.8. The Morgan fingerprint density at radius 1 is 1.08 bits per heavy atom. The molecule has 2 aromatic carbocycles. The molecule has 3 heterocycles. The average Bonchev–Trinajstić information content (AvgIpc) is 3.17. The van der Waals surface area contributed by atoms with E-state index in [0.29, 0.717) is 34.6 Å². The van der Waals surface area contributed by atoms with Gasteiger partial charge in [-0.1, -0.05) is 35.9 Å². The van der Waals surface area contributed by atoms with E-state index in [0.717, 1.165) is 61.8 Å². The fraction of sp³-hybridized carbons (Fsp3) is 0.345. The number of H-pyrrole nitrogens is 1. The second-order valence-electron chi connectivity index (χ2n) is 9.81. The number of fused-ring (bicyclic) bond motifs is 1. The summed E-state index contributed by atoms with van der Waals surface area (Å²) in [7, 11) is 0. The van der Waals surface area contributed by atoms with Gasteiger partial charge in [-0.05, 0) is 79.8 Å². The molecule has 1 aliphatic rings. The summed E-state index contributed by atoms with van der Waals surface area (Å²) < 4.78 is 15.2. The molecule has 1 aliphatic heterocycles. The third-order valence-electron chi connectivity index (χ3n) is 7.18. The van der Waals surface area contributed by atoms with Crippen molar-refractivity contribution in [2.24, 2.45) is 5.92 Å². The highest BCUT2D eigenvalue weighted by atomic mass is 35.5. The summed E-state index contributed by atoms with van der Waals surface area (Å²) >= 11 is 6.06. The van der Waals surface area contributed by atoms with E-state index < -0.39 is 5.97 Å². The maximum absolute atomic E-state index is 15.2. The molecule has 5 rings (SSSR count). The molecule has 1 atom stereocenters. The van der Waals surface area contributed by atoms with Gasteiger partial charge >= 0.3 is 5.97 Å². The highest BCUT2D eigenvalue weighted by Gasteiger charge is 2.21. The number of imidazole rings is 1. The number of aryl methyl sites for hydroxylation is 2. The van der Waals surface area contributed by atoms with Crippen LogP contribution in [0.1, 0.15) is 43.2 Å². The van der Waals surface area contributed by atoms with Crippen molar-refractivity contribution >= 4 is 34.4 Å². The number of halogens is 2. The number of rotatable bonds is 8. The lowest BCUT2D eigenvalue weighted by molar-refractivity contribution is -0.136. The molecule has 192 valence electrons. The molecule has 1 fully saturated rings. The van der Waals surface area contributed by atoms with Gasteiger partial charge in [-0.2, -0.15) is 0 Å². The molecule has 0 saturated carbocycles. The Kier molecular flexibility index (Phi) is 7.70. The van der Waals surface area contributed by atoms with Crippen molar-refractivity contribution < 1.29 is 14.3 Å². The highest BCUT2D eigenvalue weighted by molar-refractivity contribution is 6.31.